The van der Waals surface area contributed by atoms with Gasteiger partial charge in [-0.3, -0.25) is 14.4 Å². The summed E-state index contributed by atoms with van der Waals surface area (Å²) < 4.78 is 25.0. The molecule has 1 N–H and O–H groups in total. The zero-order chi connectivity index (χ0) is 19.0. The highest BCUT2D eigenvalue weighted by Gasteiger charge is 2.26. The number of rotatable bonds is 4. The van der Waals surface area contributed by atoms with Crippen LogP contribution in [-0.4, -0.2) is 37.3 Å². The Morgan fingerprint density at radius 2 is 1.93 bits per heavy atom. The minimum atomic E-state index is -3.31. The third-order valence-electron chi connectivity index (χ3n) is 4.26. The van der Waals surface area contributed by atoms with Crippen LogP contribution >= 0.6 is 11.3 Å². The molecular weight excluding hydrogens is 384 g/mol. The number of nitrogens with zero attached hydrogens (tertiary/aromatic N) is 3. The molecule has 138 valence electrons. The number of fused-ring (bicyclic) bond motifs is 1. The zero-order valence-corrected chi connectivity index (χ0v) is 16.0. The van der Waals surface area contributed by atoms with Crippen LogP contribution in [0.3, 0.4) is 0 Å². The molecule has 0 radical (unpaired) electrons. The quantitative estimate of drug-likeness (QED) is 0.727. The molecule has 1 aliphatic rings. The Morgan fingerprint density at radius 1 is 1.15 bits per heavy atom. The molecule has 0 bridgehead atoms. The molecule has 9 heteroatoms. The summed E-state index contributed by atoms with van der Waals surface area (Å²) in [5, 5.41) is 12.0. The summed E-state index contributed by atoms with van der Waals surface area (Å²) in [4.78, 5) is 12.5. The van der Waals surface area contributed by atoms with Crippen LogP contribution in [0.4, 0.5) is 10.8 Å². The molecule has 0 unspecified atom stereocenters. The monoisotopic (exact) mass is 400 g/mol. The number of hydrogen-bond donors (Lipinski definition) is 1. The van der Waals surface area contributed by atoms with E-state index < -0.39 is 10.0 Å². The highest BCUT2D eigenvalue weighted by atomic mass is 32.2. The van der Waals surface area contributed by atoms with Gasteiger partial charge >= 0.3 is 0 Å². The average molecular weight is 400 g/mol. The topological polar surface area (TPSA) is 92.3 Å². The number of aromatic nitrogens is 2. The molecule has 2 aromatic carbocycles. The molecule has 1 amide bonds. The Balaban J connectivity index is 1.52. The normalized spacial score (nSPS) is 13.4. The van der Waals surface area contributed by atoms with E-state index in [0.717, 1.165) is 16.1 Å². The molecule has 1 aromatic heterocycles. The van der Waals surface area contributed by atoms with Gasteiger partial charge in [-0.1, -0.05) is 41.7 Å². The van der Waals surface area contributed by atoms with Crippen molar-refractivity contribution in [3.05, 3.63) is 59.7 Å². The summed E-state index contributed by atoms with van der Waals surface area (Å²) in [6, 6.07) is 14.6. The molecule has 4 rings (SSSR count). The fourth-order valence-corrected chi connectivity index (χ4v) is 4.70. The second-order valence-electron chi connectivity index (χ2n) is 6.16. The van der Waals surface area contributed by atoms with Gasteiger partial charge in [-0.15, -0.1) is 10.2 Å². The minimum Gasteiger partial charge on any atom is -0.296 e. The first-order valence-corrected chi connectivity index (χ1v) is 10.9. The maximum absolute atomic E-state index is 12.5. The minimum absolute atomic E-state index is 0.300. The van der Waals surface area contributed by atoms with E-state index in [1.807, 2.05) is 30.3 Å². The number of anilines is 2. The predicted octanol–water partition coefficient (Wildman–Crippen LogP) is 2.78. The molecule has 2 heterocycles. The molecule has 0 spiro atoms. The van der Waals surface area contributed by atoms with Gasteiger partial charge in [0.05, 0.1) is 11.9 Å². The van der Waals surface area contributed by atoms with Gasteiger partial charge in [0, 0.05) is 17.7 Å². The van der Waals surface area contributed by atoms with Crippen molar-refractivity contribution in [2.75, 3.05) is 22.4 Å². The number of benzene rings is 2. The Morgan fingerprint density at radius 3 is 2.67 bits per heavy atom. The Bertz CT molecular complexity index is 1110. The van der Waals surface area contributed by atoms with Gasteiger partial charge in [0.2, 0.25) is 15.2 Å². The SMILES string of the molecule is CS(=O)(=O)N1CCc2cc(C(=O)Nc3nnc(-c4ccccc4)s3)ccc21. The first-order valence-electron chi connectivity index (χ1n) is 8.23. The number of carbonyl (C=O) groups is 1. The lowest BCUT2D eigenvalue weighted by atomic mass is 10.1. The van der Waals surface area contributed by atoms with Gasteiger partial charge in [0.1, 0.15) is 5.01 Å². The van der Waals surface area contributed by atoms with Crippen molar-refractivity contribution in [3.8, 4) is 10.6 Å². The van der Waals surface area contributed by atoms with Crippen LogP contribution in [0.2, 0.25) is 0 Å². The van der Waals surface area contributed by atoms with Crippen molar-refractivity contribution < 1.29 is 13.2 Å². The molecular formula is C18H16N4O3S2. The lowest BCUT2D eigenvalue weighted by Gasteiger charge is -2.16. The Kier molecular flexibility index (Phi) is 4.40. The summed E-state index contributed by atoms with van der Waals surface area (Å²) in [7, 11) is -3.31. The van der Waals surface area contributed by atoms with E-state index in [4.69, 9.17) is 0 Å². The van der Waals surface area contributed by atoms with Gasteiger partial charge in [0.15, 0.2) is 0 Å². The number of carbonyl (C=O) groups excluding carboxylic acids is 1. The molecule has 3 aromatic rings. The van der Waals surface area contributed by atoms with Crippen LogP contribution in [0, 0.1) is 0 Å². The standard InChI is InChI=1S/C18H16N4O3S2/c1-27(24,25)22-10-9-13-11-14(7-8-15(13)22)16(23)19-18-21-20-17(26-18)12-5-3-2-4-6-12/h2-8,11H,9-10H2,1H3,(H,19,21,23). The van der Waals surface area contributed by atoms with E-state index in [-0.39, 0.29) is 5.91 Å². The molecule has 1 aliphatic heterocycles. The number of hydrogen-bond acceptors (Lipinski definition) is 6. The van der Waals surface area contributed by atoms with E-state index >= 15 is 0 Å². The summed E-state index contributed by atoms with van der Waals surface area (Å²) in [5.74, 6) is -0.300. The van der Waals surface area contributed by atoms with Crippen molar-refractivity contribution in [2.45, 2.75) is 6.42 Å². The molecule has 0 aliphatic carbocycles. The maximum Gasteiger partial charge on any atom is 0.257 e. The van der Waals surface area contributed by atoms with E-state index in [2.05, 4.69) is 15.5 Å². The van der Waals surface area contributed by atoms with E-state index in [0.29, 0.717) is 29.3 Å². The largest absolute Gasteiger partial charge is 0.296 e. The maximum atomic E-state index is 12.5. The first-order chi connectivity index (χ1) is 12.9. The third kappa shape index (κ3) is 3.56. The highest BCUT2D eigenvalue weighted by Crippen LogP contribution is 2.31. The van der Waals surface area contributed by atoms with Crippen molar-refractivity contribution in [2.24, 2.45) is 0 Å². The molecule has 0 saturated heterocycles. The Hall–Kier alpha value is -2.78. The number of nitrogens with one attached hydrogen (secondary N) is 1. The van der Waals surface area contributed by atoms with E-state index in [1.54, 1.807) is 18.2 Å². The van der Waals surface area contributed by atoms with Gasteiger partial charge in [-0.2, -0.15) is 0 Å². The van der Waals surface area contributed by atoms with Crippen molar-refractivity contribution in [1.29, 1.82) is 0 Å². The second kappa shape index (κ2) is 6.75. The fourth-order valence-electron chi connectivity index (χ4n) is 3.00. The van der Waals surface area contributed by atoms with Crippen molar-refractivity contribution in [3.63, 3.8) is 0 Å². The molecule has 27 heavy (non-hydrogen) atoms. The Labute approximate surface area is 160 Å². The lowest BCUT2D eigenvalue weighted by Crippen LogP contribution is -2.27. The number of sulfonamides is 1. The molecule has 0 fully saturated rings. The summed E-state index contributed by atoms with van der Waals surface area (Å²) >= 11 is 1.30. The first kappa shape index (κ1) is 17.6. The van der Waals surface area contributed by atoms with Crippen LogP contribution in [-0.2, 0) is 16.4 Å². The van der Waals surface area contributed by atoms with E-state index in [9.17, 15) is 13.2 Å². The summed E-state index contributed by atoms with van der Waals surface area (Å²) in [6.07, 6.45) is 1.77. The average Bonchev–Trinajstić information content (AvgIpc) is 3.28. The lowest BCUT2D eigenvalue weighted by molar-refractivity contribution is 0.102. The van der Waals surface area contributed by atoms with Crippen LogP contribution < -0.4 is 9.62 Å². The zero-order valence-electron chi connectivity index (χ0n) is 14.4. The predicted molar refractivity (Wildman–Crippen MR) is 106 cm³/mol. The fraction of sp³-hybridized carbons (Fsp3) is 0.167. The number of amides is 1. The van der Waals surface area contributed by atoms with Crippen molar-refractivity contribution >= 4 is 38.1 Å². The van der Waals surface area contributed by atoms with Gasteiger partial charge in [-0.25, -0.2) is 8.42 Å². The van der Waals surface area contributed by atoms with Crippen LogP contribution in [0.25, 0.3) is 10.6 Å². The summed E-state index contributed by atoms with van der Waals surface area (Å²) in [5.41, 5.74) is 2.88. The van der Waals surface area contributed by atoms with Gasteiger partial charge in [-0.05, 0) is 30.2 Å². The van der Waals surface area contributed by atoms with Crippen LogP contribution in [0.1, 0.15) is 15.9 Å². The summed E-state index contributed by atoms with van der Waals surface area (Å²) in [6.45, 7) is 0.399. The van der Waals surface area contributed by atoms with E-state index in [1.165, 1.54) is 21.9 Å². The van der Waals surface area contributed by atoms with Gasteiger partial charge < -0.3 is 0 Å². The van der Waals surface area contributed by atoms with Crippen LogP contribution in [0.15, 0.2) is 48.5 Å². The third-order valence-corrected chi connectivity index (χ3v) is 6.33. The van der Waals surface area contributed by atoms with Crippen molar-refractivity contribution in [1.82, 2.24) is 10.2 Å². The second-order valence-corrected chi connectivity index (χ2v) is 9.05. The highest BCUT2D eigenvalue weighted by molar-refractivity contribution is 7.92. The smallest absolute Gasteiger partial charge is 0.257 e. The molecule has 7 nitrogen and oxygen atoms in total. The molecule has 0 atom stereocenters. The van der Waals surface area contributed by atoms with Crippen LogP contribution in [0.5, 0.6) is 0 Å². The molecule has 0 saturated carbocycles. The van der Waals surface area contributed by atoms with Gasteiger partial charge in [0.25, 0.3) is 5.91 Å².